The lowest BCUT2D eigenvalue weighted by Crippen LogP contribution is -2.70. The molecule has 1 aromatic heterocycles. The zero-order valence-corrected chi connectivity index (χ0v) is 15.2. The summed E-state index contributed by atoms with van der Waals surface area (Å²) >= 11 is 1.32. The molecular weight excluding hydrogens is 374 g/mol. The van der Waals surface area contributed by atoms with Gasteiger partial charge in [0, 0.05) is 30.6 Å². The Morgan fingerprint density at radius 3 is 2.85 bits per heavy atom. The molecule has 0 bridgehead atoms. The van der Waals surface area contributed by atoms with Gasteiger partial charge in [-0.1, -0.05) is 6.07 Å². The molecule has 1 saturated heterocycles. The number of carboxylic acid groups (broad SMARTS) is 1. The topological polar surface area (TPSA) is 126 Å². The van der Waals surface area contributed by atoms with Crippen LogP contribution in [0.5, 0.6) is 0 Å². The van der Waals surface area contributed by atoms with Crippen LogP contribution >= 0.6 is 11.8 Å². The largest absolute Gasteiger partial charge is 0.477 e. The van der Waals surface area contributed by atoms with Crippen molar-refractivity contribution in [3.63, 3.8) is 0 Å². The van der Waals surface area contributed by atoms with Gasteiger partial charge in [-0.05, 0) is 11.6 Å². The highest BCUT2D eigenvalue weighted by Gasteiger charge is 2.54. The minimum atomic E-state index is -1.27. The van der Waals surface area contributed by atoms with Gasteiger partial charge in [0.05, 0.1) is 6.42 Å². The molecule has 2 N–H and O–H groups in total. The predicted octanol–water partition coefficient (Wildman–Crippen LogP) is -0.0742. The number of nitrogens with zero attached hydrogens (tertiary/aromatic N) is 2. The van der Waals surface area contributed by atoms with Gasteiger partial charge in [-0.3, -0.25) is 24.3 Å². The van der Waals surface area contributed by atoms with E-state index in [4.69, 9.17) is 4.74 Å². The zero-order chi connectivity index (χ0) is 19.6. The van der Waals surface area contributed by atoms with Crippen LogP contribution in [-0.2, 0) is 30.3 Å². The zero-order valence-electron chi connectivity index (χ0n) is 14.4. The van der Waals surface area contributed by atoms with E-state index in [0.717, 1.165) is 4.90 Å². The van der Waals surface area contributed by atoms with E-state index in [2.05, 4.69) is 10.3 Å². The number of aromatic nitrogens is 1. The number of nitrogens with one attached hydrogen (secondary N) is 1. The number of thioether (sulfide) groups is 1. The van der Waals surface area contributed by atoms with Crippen LogP contribution in [0.3, 0.4) is 0 Å². The van der Waals surface area contributed by atoms with Gasteiger partial charge in [-0.25, -0.2) is 4.79 Å². The van der Waals surface area contributed by atoms with Crippen LogP contribution in [-0.4, -0.2) is 62.5 Å². The Hall–Kier alpha value is -2.88. The average molecular weight is 391 g/mol. The van der Waals surface area contributed by atoms with Crippen molar-refractivity contribution < 1.29 is 29.0 Å². The van der Waals surface area contributed by atoms with Gasteiger partial charge in [0.15, 0.2) is 0 Å². The van der Waals surface area contributed by atoms with Gasteiger partial charge in [0.25, 0.3) is 5.91 Å². The standard InChI is InChI=1S/C17H17N3O6S/c1-9(21)26-7-11-8-27-16-13(15(23)20(16)14(11)17(24)25)19-12(22)5-10-3-2-4-18-6-10/h2-4,6,13,16H,5,7-8H2,1H3,(H,19,22)(H,24,25). The summed E-state index contributed by atoms with van der Waals surface area (Å²) in [6.07, 6.45) is 3.24. The van der Waals surface area contributed by atoms with Crippen LogP contribution in [0.2, 0.25) is 0 Å². The minimum absolute atomic E-state index is 0.0777. The Kier molecular flexibility index (Phi) is 5.45. The van der Waals surface area contributed by atoms with E-state index in [1.807, 2.05) is 0 Å². The van der Waals surface area contributed by atoms with Gasteiger partial charge in [0.1, 0.15) is 23.7 Å². The molecule has 2 aliphatic heterocycles. The van der Waals surface area contributed by atoms with Crippen molar-refractivity contribution in [2.24, 2.45) is 0 Å². The maximum Gasteiger partial charge on any atom is 0.352 e. The number of hydrogen-bond acceptors (Lipinski definition) is 7. The first kappa shape index (κ1) is 18.9. The number of amides is 2. The number of carboxylic acids is 1. The third-order valence-electron chi connectivity index (χ3n) is 4.10. The fraction of sp³-hybridized carbons (Fsp3) is 0.353. The van der Waals surface area contributed by atoms with Crippen molar-refractivity contribution in [3.05, 3.63) is 41.4 Å². The van der Waals surface area contributed by atoms with Crippen molar-refractivity contribution in [3.8, 4) is 0 Å². The van der Waals surface area contributed by atoms with E-state index in [-0.39, 0.29) is 24.6 Å². The van der Waals surface area contributed by atoms with Gasteiger partial charge in [-0.2, -0.15) is 0 Å². The Morgan fingerprint density at radius 2 is 2.22 bits per heavy atom. The lowest BCUT2D eigenvalue weighted by Gasteiger charge is -2.49. The Labute approximate surface area is 158 Å². The third kappa shape index (κ3) is 3.95. The molecular formula is C17H17N3O6S. The van der Waals surface area contributed by atoms with E-state index in [1.165, 1.54) is 18.7 Å². The van der Waals surface area contributed by atoms with E-state index in [1.54, 1.807) is 24.5 Å². The molecule has 9 nitrogen and oxygen atoms in total. The number of aliphatic carboxylic acids is 1. The quantitative estimate of drug-likeness (QED) is 0.510. The molecule has 2 atom stereocenters. The van der Waals surface area contributed by atoms with Crippen LogP contribution in [0.4, 0.5) is 0 Å². The lowest BCUT2D eigenvalue weighted by atomic mass is 10.0. The molecule has 1 fully saturated rings. The summed E-state index contributed by atoms with van der Waals surface area (Å²) in [7, 11) is 0. The molecule has 0 spiro atoms. The normalized spacial score (nSPS) is 21.2. The molecule has 3 rings (SSSR count). The van der Waals surface area contributed by atoms with Crippen LogP contribution in [0.15, 0.2) is 35.8 Å². The molecule has 142 valence electrons. The van der Waals surface area contributed by atoms with Crippen LogP contribution < -0.4 is 5.32 Å². The molecule has 27 heavy (non-hydrogen) atoms. The highest BCUT2D eigenvalue weighted by molar-refractivity contribution is 8.00. The van der Waals surface area contributed by atoms with E-state index in [0.29, 0.717) is 16.9 Å². The van der Waals surface area contributed by atoms with Crippen molar-refractivity contribution in [2.45, 2.75) is 24.8 Å². The second-order valence-corrected chi connectivity index (χ2v) is 7.14. The first-order chi connectivity index (χ1) is 12.9. The van der Waals surface area contributed by atoms with Crippen molar-refractivity contribution in [1.29, 1.82) is 0 Å². The molecule has 0 aromatic carbocycles. The number of β-lactam (4-membered cyclic amide) rings is 1. The number of fused-ring (bicyclic) bond motifs is 1. The monoisotopic (exact) mass is 391 g/mol. The highest BCUT2D eigenvalue weighted by atomic mass is 32.2. The Balaban J connectivity index is 1.68. The maximum absolute atomic E-state index is 12.5. The van der Waals surface area contributed by atoms with Crippen molar-refractivity contribution in [2.75, 3.05) is 12.4 Å². The molecule has 1 aromatic rings. The Bertz CT molecular complexity index is 825. The summed E-state index contributed by atoms with van der Waals surface area (Å²) < 4.78 is 4.88. The molecule has 2 aliphatic rings. The predicted molar refractivity (Wildman–Crippen MR) is 94.3 cm³/mol. The summed E-state index contributed by atoms with van der Waals surface area (Å²) in [5.74, 6) is -2.35. The average Bonchev–Trinajstić information content (AvgIpc) is 2.64. The van der Waals surface area contributed by atoms with E-state index in [9.17, 15) is 24.3 Å². The summed E-state index contributed by atoms with van der Waals surface area (Å²) in [6, 6.07) is 2.68. The Morgan fingerprint density at radius 1 is 1.44 bits per heavy atom. The van der Waals surface area contributed by atoms with Gasteiger partial charge < -0.3 is 15.2 Å². The molecule has 3 heterocycles. The first-order valence-electron chi connectivity index (χ1n) is 8.10. The fourth-order valence-electron chi connectivity index (χ4n) is 2.90. The van der Waals surface area contributed by atoms with E-state index < -0.39 is 29.3 Å². The smallest absolute Gasteiger partial charge is 0.352 e. The first-order valence-corrected chi connectivity index (χ1v) is 9.15. The number of carbonyl (C=O) groups excluding carboxylic acids is 3. The summed E-state index contributed by atoms with van der Waals surface area (Å²) in [6.45, 7) is 1.04. The second kappa shape index (κ2) is 7.78. The summed E-state index contributed by atoms with van der Waals surface area (Å²) in [4.78, 5) is 52.3. The third-order valence-corrected chi connectivity index (χ3v) is 5.44. The molecule has 0 aliphatic carbocycles. The number of rotatable bonds is 6. The summed E-state index contributed by atoms with van der Waals surface area (Å²) in [5, 5.41) is 11.6. The fourth-order valence-corrected chi connectivity index (χ4v) is 4.22. The van der Waals surface area contributed by atoms with Crippen LogP contribution in [0.1, 0.15) is 12.5 Å². The summed E-state index contributed by atoms with van der Waals surface area (Å²) in [5.41, 5.74) is 0.889. The molecule has 0 saturated carbocycles. The molecule has 2 amide bonds. The second-order valence-electron chi connectivity index (χ2n) is 6.03. The van der Waals surface area contributed by atoms with Crippen molar-refractivity contribution in [1.82, 2.24) is 15.2 Å². The van der Waals surface area contributed by atoms with Crippen LogP contribution in [0.25, 0.3) is 0 Å². The lowest BCUT2D eigenvalue weighted by molar-refractivity contribution is -0.151. The van der Waals surface area contributed by atoms with Crippen LogP contribution in [0, 0.1) is 0 Å². The van der Waals surface area contributed by atoms with Gasteiger partial charge in [0.2, 0.25) is 5.91 Å². The number of ether oxygens (including phenoxy) is 1. The SMILES string of the molecule is CC(=O)OCC1=C(C(=O)O)N2C(=O)C(NC(=O)Cc3cccnc3)C2SC1. The molecule has 2 unspecified atom stereocenters. The minimum Gasteiger partial charge on any atom is -0.477 e. The maximum atomic E-state index is 12.5. The number of pyridine rings is 1. The molecule has 10 heteroatoms. The molecule has 0 radical (unpaired) electrons. The highest BCUT2D eigenvalue weighted by Crippen LogP contribution is 2.40. The van der Waals surface area contributed by atoms with Crippen molar-refractivity contribution >= 4 is 35.5 Å². The van der Waals surface area contributed by atoms with Gasteiger partial charge in [-0.15, -0.1) is 11.8 Å². The number of hydrogen-bond donors (Lipinski definition) is 2. The number of esters is 1. The number of carbonyl (C=O) groups is 4. The van der Waals surface area contributed by atoms with Gasteiger partial charge >= 0.3 is 11.9 Å². The van der Waals surface area contributed by atoms with E-state index >= 15 is 0 Å².